The summed E-state index contributed by atoms with van der Waals surface area (Å²) in [5, 5.41) is 0. The van der Waals surface area contributed by atoms with E-state index in [4.69, 9.17) is 4.74 Å². The second-order valence-corrected chi connectivity index (χ2v) is 8.02. The first-order valence-electron chi connectivity index (χ1n) is 10.4. The predicted molar refractivity (Wildman–Crippen MR) is 119 cm³/mol. The van der Waals surface area contributed by atoms with Gasteiger partial charge in [-0.3, -0.25) is 9.69 Å². The molecular weight excluding hydrogens is 382 g/mol. The Kier molecular flexibility index (Phi) is 7.15. The maximum atomic E-state index is 12.7. The summed E-state index contributed by atoms with van der Waals surface area (Å²) in [6.07, 6.45) is 4.23. The van der Waals surface area contributed by atoms with Crippen molar-refractivity contribution in [1.29, 1.82) is 0 Å². The van der Waals surface area contributed by atoms with Gasteiger partial charge in [-0.05, 0) is 43.7 Å². The molecule has 1 aliphatic carbocycles. The van der Waals surface area contributed by atoms with Crippen LogP contribution in [0.4, 0.5) is 0 Å². The first-order valence-corrected chi connectivity index (χ1v) is 10.4. The molecule has 4 atom stereocenters. The Morgan fingerprint density at radius 3 is 2.28 bits per heavy atom. The van der Waals surface area contributed by atoms with Crippen molar-refractivity contribution in [2.45, 2.75) is 45.3 Å². The van der Waals surface area contributed by atoms with Crippen molar-refractivity contribution in [1.82, 2.24) is 4.90 Å². The van der Waals surface area contributed by atoms with Crippen LogP contribution in [0.25, 0.3) is 0 Å². The number of piperidine rings is 1. The predicted octanol–water partition coefficient (Wildman–Crippen LogP) is 5.05. The van der Waals surface area contributed by atoms with Crippen LogP contribution < -0.4 is 0 Å². The van der Waals surface area contributed by atoms with Crippen LogP contribution in [0.2, 0.25) is 0 Å². The lowest BCUT2D eigenvalue weighted by Gasteiger charge is -2.53. The SMILES string of the molecule is CCOC(=O)C1CC2C(C)=CC1N(Cc1ccccc1)C2Cc1ccccc1.Cl. The Bertz CT molecular complexity index is 836. The summed E-state index contributed by atoms with van der Waals surface area (Å²) in [6.45, 7) is 5.43. The highest BCUT2D eigenvalue weighted by molar-refractivity contribution is 5.85. The Labute approximate surface area is 180 Å². The van der Waals surface area contributed by atoms with E-state index in [2.05, 4.69) is 78.6 Å². The summed E-state index contributed by atoms with van der Waals surface area (Å²) in [5.41, 5.74) is 4.08. The number of rotatable bonds is 6. The fraction of sp³-hybridized carbons (Fsp3) is 0.400. The van der Waals surface area contributed by atoms with E-state index in [-0.39, 0.29) is 30.3 Å². The van der Waals surface area contributed by atoms with E-state index in [1.807, 2.05) is 6.92 Å². The number of halogens is 1. The summed E-state index contributed by atoms with van der Waals surface area (Å²) in [7, 11) is 0. The average Bonchev–Trinajstić information content (AvgIpc) is 2.72. The molecular formula is C25H30ClNO2. The van der Waals surface area contributed by atoms with Crippen molar-refractivity contribution in [3.8, 4) is 0 Å². The minimum absolute atomic E-state index is 0. The zero-order valence-electron chi connectivity index (χ0n) is 17.2. The van der Waals surface area contributed by atoms with Crippen LogP contribution in [0.1, 0.15) is 31.4 Å². The molecule has 4 heteroatoms. The highest BCUT2D eigenvalue weighted by atomic mass is 35.5. The molecule has 0 saturated carbocycles. The first kappa shape index (κ1) is 21.6. The molecule has 154 valence electrons. The smallest absolute Gasteiger partial charge is 0.310 e. The van der Waals surface area contributed by atoms with Gasteiger partial charge in [-0.2, -0.15) is 0 Å². The lowest BCUT2D eigenvalue weighted by Crippen LogP contribution is -2.59. The van der Waals surface area contributed by atoms with Gasteiger partial charge < -0.3 is 4.74 Å². The molecule has 2 aromatic rings. The third-order valence-corrected chi connectivity index (χ3v) is 6.30. The van der Waals surface area contributed by atoms with Gasteiger partial charge in [0.15, 0.2) is 0 Å². The normalized spacial score (nSPS) is 25.8. The molecule has 0 aromatic heterocycles. The number of ether oxygens (including phenoxy) is 1. The number of hydrogen-bond donors (Lipinski definition) is 0. The Morgan fingerprint density at radius 2 is 1.66 bits per heavy atom. The summed E-state index contributed by atoms with van der Waals surface area (Å²) < 4.78 is 5.43. The van der Waals surface area contributed by atoms with Crippen molar-refractivity contribution in [2.75, 3.05) is 6.61 Å². The third kappa shape index (κ3) is 4.57. The molecule has 2 aromatic carbocycles. The summed E-state index contributed by atoms with van der Waals surface area (Å²) >= 11 is 0. The van der Waals surface area contributed by atoms with Gasteiger partial charge in [0.05, 0.1) is 12.5 Å². The molecule has 1 saturated heterocycles. The molecule has 3 nitrogen and oxygen atoms in total. The summed E-state index contributed by atoms with van der Waals surface area (Å²) in [4.78, 5) is 15.2. The molecule has 0 spiro atoms. The van der Waals surface area contributed by atoms with Crippen molar-refractivity contribution in [3.05, 3.63) is 83.4 Å². The van der Waals surface area contributed by atoms with Gasteiger partial charge in [0.2, 0.25) is 0 Å². The topological polar surface area (TPSA) is 29.5 Å². The summed E-state index contributed by atoms with van der Waals surface area (Å²) in [6, 6.07) is 21.8. The zero-order valence-corrected chi connectivity index (χ0v) is 18.0. The first-order chi connectivity index (χ1) is 13.7. The molecule has 1 fully saturated rings. The van der Waals surface area contributed by atoms with Crippen LogP contribution >= 0.6 is 12.4 Å². The molecule has 2 heterocycles. The minimum Gasteiger partial charge on any atom is -0.466 e. The third-order valence-electron chi connectivity index (χ3n) is 6.30. The minimum atomic E-state index is -0.0654. The lowest BCUT2D eigenvalue weighted by molar-refractivity contribution is -0.154. The van der Waals surface area contributed by atoms with Gasteiger partial charge in [0.1, 0.15) is 0 Å². The van der Waals surface area contributed by atoms with E-state index in [0.717, 1.165) is 19.4 Å². The molecule has 2 bridgehead atoms. The highest BCUT2D eigenvalue weighted by Crippen LogP contribution is 2.44. The van der Waals surface area contributed by atoms with Gasteiger partial charge in [-0.15, -0.1) is 12.4 Å². The lowest BCUT2D eigenvalue weighted by atomic mass is 9.68. The molecule has 0 amide bonds. The Hall–Kier alpha value is -2.10. The quantitative estimate of drug-likeness (QED) is 0.492. The number of hydrogen-bond acceptors (Lipinski definition) is 3. The fourth-order valence-electron chi connectivity index (χ4n) is 4.96. The number of benzene rings is 2. The monoisotopic (exact) mass is 411 g/mol. The van der Waals surface area contributed by atoms with Crippen LogP contribution in [-0.4, -0.2) is 29.6 Å². The Morgan fingerprint density at radius 1 is 1.03 bits per heavy atom. The van der Waals surface area contributed by atoms with E-state index >= 15 is 0 Å². The second-order valence-electron chi connectivity index (χ2n) is 8.02. The second kappa shape index (κ2) is 9.60. The molecule has 3 aliphatic rings. The number of carbonyl (C=O) groups excluding carboxylic acids is 1. The van der Waals surface area contributed by atoms with Crippen molar-refractivity contribution in [2.24, 2.45) is 11.8 Å². The number of fused-ring (bicyclic) bond motifs is 2. The van der Waals surface area contributed by atoms with Crippen LogP contribution in [0.5, 0.6) is 0 Å². The van der Waals surface area contributed by atoms with E-state index in [9.17, 15) is 4.79 Å². The summed E-state index contributed by atoms with van der Waals surface area (Å²) in [5.74, 6) is 0.283. The zero-order chi connectivity index (χ0) is 19.5. The van der Waals surface area contributed by atoms with Gasteiger partial charge >= 0.3 is 5.97 Å². The fourth-order valence-corrected chi connectivity index (χ4v) is 4.96. The van der Waals surface area contributed by atoms with E-state index < -0.39 is 0 Å². The largest absolute Gasteiger partial charge is 0.466 e. The van der Waals surface area contributed by atoms with Gasteiger partial charge in [0.25, 0.3) is 0 Å². The highest BCUT2D eigenvalue weighted by Gasteiger charge is 2.49. The van der Waals surface area contributed by atoms with Gasteiger partial charge in [-0.1, -0.05) is 72.3 Å². The van der Waals surface area contributed by atoms with Gasteiger partial charge in [-0.25, -0.2) is 0 Å². The molecule has 29 heavy (non-hydrogen) atoms. The van der Waals surface area contributed by atoms with E-state index in [1.165, 1.54) is 16.7 Å². The van der Waals surface area contributed by atoms with Gasteiger partial charge in [0, 0.05) is 18.6 Å². The molecule has 0 radical (unpaired) electrons. The molecule has 2 aliphatic heterocycles. The Balaban J connectivity index is 0.00000240. The number of esters is 1. The standard InChI is InChI=1S/C25H29NO2.ClH/c1-3-28-25(27)22-16-21-18(2)14-23(22)26(17-20-12-8-5-9-13-20)24(21)15-19-10-6-4-7-11-19;/h4-14,21-24H,3,15-17H2,1-2H3;1H. The van der Waals surface area contributed by atoms with Crippen molar-refractivity contribution < 1.29 is 9.53 Å². The maximum absolute atomic E-state index is 12.7. The molecule has 5 rings (SSSR count). The number of nitrogens with zero attached hydrogens (tertiary/aromatic N) is 1. The van der Waals surface area contributed by atoms with Crippen LogP contribution in [0.15, 0.2) is 72.3 Å². The van der Waals surface area contributed by atoms with Crippen molar-refractivity contribution >= 4 is 18.4 Å². The maximum Gasteiger partial charge on any atom is 0.310 e. The van der Waals surface area contributed by atoms with Crippen molar-refractivity contribution in [3.63, 3.8) is 0 Å². The van der Waals surface area contributed by atoms with Crippen LogP contribution in [0.3, 0.4) is 0 Å². The average molecular weight is 412 g/mol. The molecule has 0 N–H and O–H groups in total. The van der Waals surface area contributed by atoms with E-state index in [1.54, 1.807) is 0 Å². The number of carbonyl (C=O) groups is 1. The van der Waals surface area contributed by atoms with Crippen LogP contribution in [-0.2, 0) is 22.5 Å². The van der Waals surface area contributed by atoms with E-state index in [0.29, 0.717) is 18.6 Å². The molecule has 4 unspecified atom stereocenters. The van der Waals surface area contributed by atoms with Crippen LogP contribution in [0, 0.1) is 11.8 Å².